The van der Waals surface area contributed by atoms with Gasteiger partial charge >= 0.3 is 6.36 Å². The summed E-state index contributed by atoms with van der Waals surface area (Å²) >= 11 is 0. The summed E-state index contributed by atoms with van der Waals surface area (Å²) < 4.78 is 41.0. The second-order valence-electron chi connectivity index (χ2n) is 3.87. The highest BCUT2D eigenvalue weighted by atomic mass is 19.4. The van der Waals surface area contributed by atoms with Crippen molar-refractivity contribution >= 4 is 11.9 Å². The Morgan fingerprint density at radius 1 is 1.53 bits per heavy atom. The number of halogens is 3. The van der Waals surface area contributed by atoms with Crippen molar-refractivity contribution in [3.05, 3.63) is 36.1 Å². The van der Waals surface area contributed by atoms with Crippen LogP contribution in [0.25, 0.3) is 0 Å². The number of rotatable bonds is 4. The fraction of sp³-hybridized carbons (Fsp3) is 0.385. The highest BCUT2D eigenvalue weighted by Crippen LogP contribution is 2.26. The zero-order valence-electron chi connectivity index (χ0n) is 10.7. The number of allylic oxidation sites excluding steroid dienone is 4. The van der Waals surface area contributed by atoms with E-state index in [-0.39, 0.29) is 17.4 Å². The van der Waals surface area contributed by atoms with E-state index in [1.165, 1.54) is 31.4 Å². The van der Waals surface area contributed by atoms with Gasteiger partial charge < -0.3 is 4.74 Å². The maximum atomic E-state index is 12.3. The minimum Gasteiger partial charge on any atom is -0.405 e. The normalized spacial score (nSPS) is 21.1. The first-order valence-corrected chi connectivity index (χ1v) is 5.70. The fourth-order valence-electron chi connectivity index (χ4n) is 1.48. The molecule has 1 rings (SSSR count). The monoisotopic (exact) mass is 272 g/mol. The summed E-state index contributed by atoms with van der Waals surface area (Å²) in [7, 11) is 0. The van der Waals surface area contributed by atoms with Crippen molar-refractivity contribution in [2.75, 3.05) is 6.54 Å². The van der Waals surface area contributed by atoms with Gasteiger partial charge in [-0.25, -0.2) is 0 Å². The molecule has 1 aliphatic heterocycles. The zero-order valence-corrected chi connectivity index (χ0v) is 10.7. The molecule has 0 fully saturated rings. The molecule has 0 bridgehead atoms. The largest absolute Gasteiger partial charge is 0.573 e. The summed E-state index contributed by atoms with van der Waals surface area (Å²) in [4.78, 5) is 8.32. The highest BCUT2D eigenvalue weighted by Gasteiger charge is 2.33. The molecule has 0 saturated heterocycles. The Bertz CT molecular complexity index is 459. The van der Waals surface area contributed by atoms with E-state index in [0.29, 0.717) is 12.3 Å². The second-order valence-corrected chi connectivity index (χ2v) is 3.87. The lowest BCUT2D eigenvalue weighted by molar-refractivity contribution is -0.303. The molecule has 1 aliphatic rings. The van der Waals surface area contributed by atoms with Gasteiger partial charge in [0.25, 0.3) is 0 Å². The van der Waals surface area contributed by atoms with Crippen molar-refractivity contribution in [3.63, 3.8) is 0 Å². The smallest absolute Gasteiger partial charge is 0.405 e. The molecule has 6 heteroatoms. The molecule has 0 amide bonds. The lowest BCUT2D eigenvalue weighted by atomic mass is 10.1. The third-order valence-electron chi connectivity index (χ3n) is 2.29. The van der Waals surface area contributed by atoms with Crippen LogP contribution in [-0.2, 0) is 4.74 Å². The van der Waals surface area contributed by atoms with Gasteiger partial charge in [-0.15, -0.1) is 13.2 Å². The summed E-state index contributed by atoms with van der Waals surface area (Å²) in [5.41, 5.74) is 0.570. The maximum absolute atomic E-state index is 12.3. The number of ether oxygens (including phenoxy) is 1. The topological polar surface area (TPSA) is 34.0 Å². The van der Waals surface area contributed by atoms with Gasteiger partial charge in [0, 0.05) is 11.8 Å². The van der Waals surface area contributed by atoms with Gasteiger partial charge in [0.05, 0.1) is 18.3 Å². The molecule has 0 radical (unpaired) electrons. The fourth-order valence-corrected chi connectivity index (χ4v) is 1.48. The molecule has 1 heterocycles. The molecule has 1 atom stereocenters. The summed E-state index contributed by atoms with van der Waals surface area (Å²) in [5.74, 6) is -0.313. The Hall–Kier alpha value is -1.85. The predicted octanol–water partition coefficient (Wildman–Crippen LogP) is 3.45. The summed E-state index contributed by atoms with van der Waals surface area (Å²) in [6.45, 7) is 7.25. The molecule has 0 spiro atoms. The molecule has 0 N–H and O–H groups in total. The molecular formula is C13H15F3N2O. The van der Waals surface area contributed by atoms with Crippen LogP contribution in [0.15, 0.2) is 46.1 Å². The lowest BCUT2D eigenvalue weighted by Gasteiger charge is -2.17. The van der Waals surface area contributed by atoms with E-state index < -0.39 is 6.36 Å². The highest BCUT2D eigenvalue weighted by molar-refractivity contribution is 6.39. The van der Waals surface area contributed by atoms with Crippen LogP contribution >= 0.6 is 0 Å². The van der Waals surface area contributed by atoms with Crippen LogP contribution in [0, 0.1) is 0 Å². The van der Waals surface area contributed by atoms with Crippen molar-refractivity contribution in [1.82, 2.24) is 0 Å². The van der Waals surface area contributed by atoms with Crippen LogP contribution in [0.5, 0.6) is 0 Å². The van der Waals surface area contributed by atoms with Gasteiger partial charge in [-0.05, 0) is 26.0 Å². The standard InChI is InChI=1S/C13H15F3N2O/c1-4-6-10(11-8-17-9(3)7-18-11)12(5-2)19-13(14,15)16/h4-6,8-9H,1,7H2,2-3H3/b10-6-,12-5+. The van der Waals surface area contributed by atoms with Gasteiger partial charge in [0.1, 0.15) is 5.76 Å². The molecule has 1 unspecified atom stereocenters. The summed E-state index contributed by atoms with van der Waals surface area (Å²) in [6, 6.07) is 0.0336. The third-order valence-corrected chi connectivity index (χ3v) is 2.29. The molecule has 0 aromatic heterocycles. The van der Waals surface area contributed by atoms with E-state index in [2.05, 4.69) is 21.3 Å². The molecule has 104 valence electrons. The van der Waals surface area contributed by atoms with E-state index >= 15 is 0 Å². The van der Waals surface area contributed by atoms with Crippen molar-refractivity contribution < 1.29 is 17.9 Å². The van der Waals surface area contributed by atoms with Crippen molar-refractivity contribution in [1.29, 1.82) is 0 Å². The van der Waals surface area contributed by atoms with E-state index in [1.54, 1.807) is 0 Å². The van der Waals surface area contributed by atoms with Crippen molar-refractivity contribution in [3.8, 4) is 0 Å². The van der Waals surface area contributed by atoms with Gasteiger partial charge in [-0.3, -0.25) is 9.98 Å². The van der Waals surface area contributed by atoms with Crippen LogP contribution in [0.3, 0.4) is 0 Å². The predicted molar refractivity (Wildman–Crippen MR) is 69.4 cm³/mol. The molecular weight excluding hydrogens is 257 g/mol. The van der Waals surface area contributed by atoms with Crippen molar-refractivity contribution in [2.45, 2.75) is 26.3 Å². The van der Waals surface area contributed by atoms with Gasteiger partial charge in [0.2, 0.25) is 0 Å². The quantitative estimate of drug-likeness (QED) is 0.570. The van der Waals surface area contributed by atoms with Crippen LogP contribution in [0.2, 0.25) is 0 Å². The second kappa shape index (κ2) is 6.36. The Kier molecular flexibility index (Phi) is 5.09. The van der Waals surface area contributed by atoms with E-state index in [1.807, 2.05) is 6.92 Å². The molecule has 19 heavy (non-hydrogen) atoms. The number of hydrogen-bond donors (Lipinski definition) is 0. The Morgan fingerprint density at radius 3 is 2.63 bits per heavy atom. The zero-order chi connectivity index (χ0) is 14.5. The van der Waals surface area contributed by atoms with E-state index in [0.717, 1.165) is 0 Å². The number of aliphatic imine (C=N–C) groups is 2. The minimum absolute atomic E-state index is 0.0336. The summed E-state index contributed by atoms with van der Waals surface area (Å²) in [5, 5.41) is 0. The summed E-state index contributed by atoms with van der Waals surface area (Å²) in [6.07, 6.45) is 0.737. The van der Waals surface area contributed by atoms with Gasteiger partial charge in [-0.2, -0.15) is 0 Å². The Labute approximate surface area is 109 Å². The molecule has 0 saturated carbocycles. The van der Waals surface area contributed by atoms with Gasteiger partial charge in [-0.1, -0.05) is 12.7 Å². The maximum Gasteiger partial charge on any atom is 0.573 e. The van der Waals surface area contributed by atoms with Crippen LogP contribution in [0.1, 0.15) is 13.8 Å². The van der Waals surface area contributed by atoms with Crippen LogP contribution in [-0.4, -0.2) is 30.9 Å². The van der Waals surface area contributed by atoms with Crippen LogP contribution < -0.4 is 0 Å². The SMILES string of the molecule is C=C/C=C(C1=NCC(C)N=C1)\C(=C/C)OC(F)(F)F. The average Bonchev–Trinajstić information content (AvgIpc) is 2.33. The lowest BCUT2D eigenvalue weighted by Crippen LogP contribution is -2.21. The van der Waals surface area contributed by atoms with Gasteiger partial charge in [0.15, 0.2) is 0 Å². The number of nitrogens with zero attached hydrogens (tertiary/aromatic N) is 2. The molecule has 3 nitrogen and oxygen atoms in total. The first-order valence-electron chi connectivity index (χ1n) is 5.70. The number of hydrogen-bond acceptors (Lipinski definition) is 3. The molecule has 0 aliphatic carbocycles. The van der Waals surface area contributed by atoms with E-state index in [9.17, 15) is 13.2 Å². The Balaban J connectivity index is 3.05. The first kappa shape index (κ1) is 15.2. The molecule has 0 aromatic carbocycles. The minimum atomic E-state index is -4.75. The van der Waals surface area contributed by atoms with Crippen LogP contribution in [0.4, 0.5) is 13.2 Å². The number of alkyl halides is 3. The molecule has 0 aromatic rings. The van der Waals surface area contributed by atoms with Crippen molar-refractivity contribution in [2.24, 2.45) is 9.98 Å². The van der Waals surface area contributed by atoms with E-state index in [4.69, 9.17) is 0 Å². The average molecular weight is 272 g/mol. The Morgan fingerprint density at radius 2 is 2.21 bits per heavy atom. The third kappa shape index (κ3) is 4.73. The first-order chi connectivity index (χ1) is 8.87.